The number of carbonyl (C=O) groups is 1. The number of esters is 1. The van der Waals surface area contributed by atoms with Crippen LogP contribution in [0.15, 0.2) is 47.4 Å². The summed E-state index contributed by atoms with van der Waals surface area (Å²) in [6.07, 6.45) is 0.380. The predicted octanol–water partition coefficient (Wildman–Crippen LogP) is 2.57. The zero-order valence-corrected chi connectivity index (χ0v) is 12.0. The second-order valence-corrected chi connectivity index (χ2v) is 6.62. The van der Waals surface area contributed by atoms with Gasteiger partial charge in [0.25, 0.3) is 0 Å². The van der Waals surface area contributed by atoms with E-state index in [1.807, 2.05) is 24.3 Å². The SMILES string of the molecule is COC(=O)CCCS(=O)(=O)c1ccc2ccccc2c1. The Morgan fingerprint density at radius 2 is 1.80 bits per heavy atom. The van der Waals surface area contributed by atoms with Gasteiger partial charge in [-0.2, -0.15) is 0 Å². The molecule has 2 rings (SSSR count). The quantitative estimate of drug-likeness (QED) is 0.795. The fourth-order valence-electron chi connectivity index (χ4n) is 1.99. The fourth-order valence-corrected chi connectivity index (χ4v) is 3.33. The molecule has 20 heavy (non-hydrogen) atoms. The number of rotatable bonds is 5. The summed E-state index contributed by atoms with van der Waals surface area (Å²) in [6, 6.07) is 12.7. The second-order valence-electron chi connectivity index (χ2n) is 4.51. The molecule has 0 aliphatic carbocycles. The van der Waals surface area contributed by atoms with Crippen molar-refractivity contribution in [3.05, 3.63) is 42.5 Å². The maximum atomic E-state index is 12.2. The number of hydrogen-bond acceptors (Lipinski definition) is 4. The minimum Gasteiger partial charge on any atom is -0.469 e. The van der Waals surface area contributed by atoms with Crippen LogP contribution >= 0.6 is 0 Å². The molecular weight excluding hydrogens is 276 g/mol. The predicted molar refractivity (Wildman–Crippen MR) is 77.3 cm³/mol. The van der Waals surface area contributed by atoms with E-state index in [1.165, 1.54) is 7.11 Å². The molecule has 0 radical (unpaired) electrons. The van der Waals surface area contributed by atoms with E-state index in [-0.39, 0.29) is 18.6 Å². The second kappa shape index (κ2) is 6.05. The Kier molecular flexibility index (Phi) is 4.39. The first-order valence-corrected chi connectivity index (χ1v) is 7.96. The van der Waals surface area contributed by atoms with Crippen LogP contribution in [0.25, 0.3) is 10.8 Å². The molecule has 0 unspecified atom stereocenters. The van der Waals surface area contributed by atoms with Gasteiger partial charge in [-0.15, -0.1) is 0 Å². The number of benzene rings is 2. The van der Waals surface area contributed by atoms with Crippen molar-refractivity contribution in [2.75, 3.05) is 12.9 Å². The van der Waals surface area contributed by atoms with E-state index in [0.717, 1.165) is 10.8 Å². The van der Waals surface area contributed by atoms with E-state index in [0.29, 0.717) is 4.90 Å². The molecule has 0 aliphatic heterocycles. The lowest BCUT2D eigenvalue weighted by atomic mass is 10.1. The highest BCUT2D eigenvalue weighted by Gasteiger charge is 2.15. The van der Waals surface area contributed by atoms with Crippen molar-refractivity contribution >= 4 is 26.6 Å². The van der Waals surface area contributed by atoms with Gasteiger partial charge >= 0.3 is 5.97 Å². The van der Waals surface area contributed by atoms with Gasteiger partial charge in [-0.1, -0.05) is 30.3 Å². The lowest BCUT2D eigenvalue weighted by Crippen LogP contribution is -2.09. The number of methoxy groups -OCH3 is 1. The summed E-state index contributed by atoms with van der Waals surface area (Å²) in [5, 5.41) is 1.89. The first-order chi connectivity index (χ1) is 9.53. The van der Waals surface area contributed by atoms with Crippen LogP contribution in [0, 0.1) is 0 Å². The van der Waals surface area contributed by atoms with Crippen LogP contribution < -0.4 is 0 Å². The average Bonchev–Trinajstić information content (AvgIpc) is 2.46. The van der Waals surface area contributed by atoms with E-state index in [4.69, 9.17) is 0 Å². The Labute approximate surface area is 118 Å². The largest absolute Gasteiger partial charge is 0.469 e. The van der Waals surface area contributed by atoms with Gasteiger partial charge in [-0.05, 0) is 29.3 Å². The van der Waals surface area contributed by atoms with Crippen molar-refractivity contribution in [2.45, 2.75) is 17.7 Å². The van der Waals surface area contributed by atoms with Crippen LogP contribution in [0.5, 0.6) is 0 Å². The summed E-state index contributed by atoms with van der Waals surface area (Å²) in [6.45, 7) is 0. The maximum absolute atomic E-state index is 12.2. The molecule has 0 heterocycles. The lowest BCUT2D eigenvalue weighted by Gasteiger charge is -2.05. The van der Waals surface area contributed by atoms with Gasteiger partial charge in [0.1, 0.15) is 0 Å². The number of ether oxygens (including phenoxy) is 1. The van der Waals surface area contributed by atoms with Gasteiger partial charge in [0.05, 0.1) is 17.8 Å². The maximum Gasteiger partial charge on any atom is 0.305 e. The molecule has 0 saturated heterocycles. The van der Waals surface area contributed by atoms with Crippen LogP contribution in [-0.4, -0.2) is 27.2 Å². The molecule has 0 aliphatic rings. The smallest absolute Gasteiger partial charge is 0.305 e. The third-order valence-corrected chi connectivity index (χ3v) is 4.90. The Hall–Kier alpha value is -1.88. The Balaban J connectivity index is 2.17. The first kappa shape index (κ1) is 14.5. The molecule has 2 aromatic carbocycles. The summed E-state index contributed by atoms with van der Waals surface area (Å²) in [7, 11) is -2.07. The van der Waals surface area contributed by atoms with E-state index < -0.39 is 15.8 Å². The molecular formula is C15H16O4S. The Morgan fingerprint density at radius 3 is 2.50 bits per heavy atom. The molecule has 4 nitrogen and oxygen atoms in total. The fraction of sp³-hybridized carbons (Fsp3) is 0.267. The third kappa shape index (κ3) is 3.36. The van der Waals surface area contributed by atoms with E-state index in [9.17, 15) is 13.2 Å². The van der Waals surface area contributed by atoms with Crippen LogP contribution in [0.4, 0.5) is 0 Å². The lowest BCUT2D eigenvalue weighted by molar-refractivity contribution is -0.140. The molecule has 0 amide bonds. The van der Waals surface area contributed by atoms with Crippen LogP contribution in [0.3, 0.4) is 0 Å². The van der Waals surface area contributed by atoms with Crippen molar-refractivity contribution in [3.8, 4) is 0 Å². The molecule has 0 saturated carbocycles. The molecule has 0 N–H and O–H groups in total. The molecule has 0 fully saturated rings. The Bertz CT molecular complexity index is 719. The van der Waals surface area contributed by atoms with Gasteiger partial charge in [-0.3, -0.25) is 4.79 Å². The van der Waals surface area contributed by atoms with Crippen LogP contribution in [0.1, 0.15) is 12.8 Å². The van der Waals surface area contributed by atoms with Gasteiger partial charge < -0.3 is 4.74 Å². The topological polar surface area (TPSA) is 60.4 Å². The standard InChI is InChI=1S/C15H16O4S/c1-19-15(16)7-4-10-20(17,18)14-9-8-12-5-2-3-6-13(12)11-14/h2-3,5-6,8-9,11H,4,7,10H2,1H3. The minimum absolute atomic E-state index is 0.0551. The van der Waals surface area contributed by atoms with Crippen LogP contribution in [0.2, 0.25) is 0 Å². The van der Waals surface area contributed by atoms with Crippen molar-refractivity contribution in [1.82, 2.24) is 0 Å². The van der Waals surface area contributed by atoms with E-state index in [2.05, 4.69) is 4.74 Å². The molecule has 0 aromatic heterocycles. The van der Waals surface area contributed by atoms with Crippen molar-refractivity contribution < 1.29 is 17.9 Å². The molecule has 0 spiro atoms. The highest BCUT2D eigenvalue weighted by Crippen LogP contribution is 2.20. The average molecular weight is 292 g/mol. The first-order valence-electron chi connectivity index (χ1n) is 6.31. The van der Waals surface area contributed by atoms with Gasteiger partial charge in [0.2, 0.25) is 0 Å². The molecule has 0 bridgehead atoms. The zero-order chi connectivity index (χ0) is 14.6. The van der Waals surface area contributed by atoms with Gasteiger partial charge in [-0.25, -0.2) is 8.42 Å². The van der Waals surface area contributed by atoms with Crippen molar-refractivity contribution in [3.63, 3.8) is 0 Å². The number of hydrogen-bond donors (Lipinski definition) is 0. The number of carbonyl (C=O) groups excluding carboxylic acids is 1. The molecule has 2 aromatic rings. The van der Waals surface area contributed by atoms with E-state index >= 15 is 0 Å². The molecule has 106 valence electrons. The van der Waals surface area contributed by atoms with Crippen LogP contribution in [-0.2, 0) is 19.4 Å². The zero-order valence-electron chi connectivity index (χ0n) is 11.2. The van der Waals surface area contributed by atoms with Gasteiger partial charge in [0.15, 0.2) is 9.84 Å². The molecule has 5 heteroatoms. The summed E-state index contributed by atoms with van der Waals surface area (Å²) in [5.74, 6) is -0.445. The van der Waals surface area contributed by atoms with E-state index in [1.54, 1.807) is 18.2 Å². The number of fused-ring (bicyclic) bond motifs is 1. The summed E-state index contributed by atoms with van der Waals surface area (Å²) in [5.41, 5.74) is 0. The highest BCUT2D eigenvalue weighted by molar-refractivity contribution is 7.91. The highest BCUT2D eigenvalue weighted by atomic mass is 32.2. The monoisotopic (exact) mass is 292 g/mol. The summed E-state index contributed by atoms with van der Waals surface area (Å²) >= 11 is 0. The minimum atomic E-state index is -3.36. The normalized spacial score (nSPS) is 11.4. The summed E-state index contributed by atoms with van der Waals surface area (Å²) in [4.78, 5) is 11.3. The third-order valence-electron chi connectivity index (χ3n) is 3.10. The van der Waals surface area contributed by atoms with Crippen molar-refractivity contribution in [1.29, 1.82) is 0 Å². The molecule has 0 atom stereocenters. The van der Waals surface area contributed by atoms with Gasteiger partial charge in [0, 0.05) is 6.42 Å². The Morgan fingerprint density at radius 1 is 1.10 bits per heavy atom. The summed E-state index contributed by atoms with van der Waals surface area (Å²) < 4.78 is 28.9. The van der Waals surface area contributed by atoms with Crippen molar-refractivity contribution in [2.24, 2.45) is 0 Å². The number of sulfone groups is 1.